The van der Waals surface area contributed by atoms with Crippen molar-refractivity contribution in [2.24, 2.45) is 0 Å². The van der Waals surface area contributed by atoms with Crippen molar-refractivity contribution in [1.29, 1.82) is 0 Å². The summed E-state index contributed by atoms with van der Waals surface area (Å²) in [5.41, 5.74) is 0. The minimum absolute atomic E-state index is 0.105. The van der Waals surface area contributed by atoms with E-state index in [0.29, 0.717) is 0 Å². The fourth-order valence-corrected chi connectivity index (χ4v) is 2.49. The van der Waals surface area contributed by atoms with Gasteiger partial charge in [0.25, 0.3) is 0 Å². The van der Waals surface area contributed by atoms with E-state index in [1.165, 1.54) is 70.6 Å². The van der Waals surface area contributed by atoms with Crippen molar-refractivity contribution in [3.05, 3.63) is 0 Å². The molecule has 1 radical (unpaired) electrons. The van der Waals surface area contributed by atoms with Crippen LogP contribution >= 0.6 is 0 Å². The van der Waals surface area contributed by atoms with Crippen LogP contribution in [-0.4, -0.2) is 13.3 Å². The molecule has 0 saturated heterocycles. The van der Waals surface area contributed by atoms with Gasteiger partial charge in [0.15, 0.2) is 0 Å². The third-order valence-corrected chi connectivity index (χ3v) is 3.78. The predicted octanol–water partition coefficient (Wildman–Crippen LogP) is 6.24. The van der Waals surface area contributed by atoms with E-state index in [2.05, 4.69) is 0 Å². The van der Waals surface area contributed by atoms with E-state index in [0.717, 1.165) is 25.7 Å². The fourth-order valence-electron chi connectivity index (χ4n) is 2.49. The Balaban J connectivity index is 2.88. The molecule has 0 aliphatic rings. The molecule has 0 heterocycles. The van der Waals surface area contributed by atoms with Crippen LogP contribution in [0, 0.1) is 0 Å². The minimum Gasteiger partial charge on any atom is -0.251 e. The maximum absolute atomic E-state index is 11.8. The summed E-state index contributed by atoms with van der Waals surface area (Å²) in [4.78, 5) is 0. The van der Waals surface area contributed by atoms with Crippen LogP contribution in [0.1, 0.15) is 96.3 Å². The zero-order chi connectivity index (χ0) is 14.0. The summed E-state index contributed by atoms with van der Waals surface area (Å²) < 4.78 is 11.8. The Morgan fingerprint density at radius 3 is 0.947 bits per heavy atom. The third-order valence-electron chi connectivity index (χ3n) is 3.78. The number of rotatable bonds is 16. The van der Waals surface area contributed by atoms with Crippen molar-refractivity contribution in [1.82, 2.24) is 0 Å². The highest BCUT2D eigenvalue weighted by Crippen LogP contribution is 2.13. The first-order chi connectivity index (χ1) is 9.41. The molecule has 0 fully saturated rings. The van der Waals surface area contributed by atoms with Crippen LogP contribution < -0.4 is 0 Å². The van der Waals surface area contributed by atoms with Gasteiger partial charge in [-0.2, -0.15) is 0 Å². The monoisotopic (exact) mass is 273 g/mol. The lowest BCUT2D eigenvalue weighted by Crippen LogP contribution is -1.84. The normalized spacial score (nSPS) is 11.1. The van der Waals surface area contributed by atoms with E-state index in [4.69, 9.17) is 0 Å². The number of halogens is 1. The van der Waals surface area contributed by atoms with E-state index in [1.54, 1.807) is 0 Å². The molecule has 0 aromatic carbocycles. The topological polar surface area (TPSA) is 19.9 Å². The molecule has 0 aliphatic carbocycles. The van der Waals surface area contributed by atoms with Crippen LogP contribution in [-0.2, 0) is 5.11 Å². The van der Waals surface area contributed by atoms with Gasteiger partial charge in [-0.15, -0.1) is 0 Å². The van der Waals surface area contributed by atoms with E-state index in [-0.39, 0.29) is 13.3 Å². The van der Waals surface area contributed by atoms with Gasteiger partial charge in [0.2, 0.25) is 0 Å². The van der Waals surface area contributed by atoms with Gasteiger partial charge < -0.3 is 0 Å². The van der Waals surface area contributed by atoms with Crippen molar-refractivity contribution >= 4 is 0 Å². The first-order valence-corrected chi connectivity index (χ1v) is 8.56. The molecule has 0 rings (SSSR count). The lowest BCUT2D eigenvalue weighted by molar-refractivity contribution is 0.186. The minimum atomic E-state index is -0.142. The SMILES string of the molecule is [O]CCCCCCCCCCCCCCCCCF. The van der Waals surface area contributed by atoms with E-state index < -0.39 is 0 Å². The van der Waals surface area contributed by atoms with Crippen LogP contribution in [0.5, 0.6) is 0 Å². The lowest BCUT2D eigenvalue weighted by Gasteiger charge is -2.03. The molecule has 0 aliphatic heterocycles. The Morgan fingerprint density at radius 2 is 0.684 bits per heavy atom. The average molecular weight is 273 g/mol. The first-order valence-electron chi connectivity index (χ1n) is 8.56. The second-order valence-electron chi connectivity index (χ2n) is 5.70. The molecule has 0 saturated carbocycles. The van der Waals surface area contributed by atoms with E-state index in [9.17, 15) is 9.50 Å². The van der Waals surface area contributed by atoms with Gasteiger partial charge in [-0.05, 0) is 12.8 Å². The van der Waals surface area contributed by atoms with Crippen molar-refractivity contribution in [3.63, 3.8) is 0 Å². The molecule has 19 heavy (non-hydrogen) atoms. The van der Waals surface area contributed by atoms with Crippen molar-refractivity contribution in [3.8, 4) is 0 Å². The molecule has 0 aromatic heterocycles. The molecular weight excluding hydrogens is 239 g/mol. The molecule has 115 valence electrons. The highest BCUT2D eigenvalue weighted by atomic mass is 19.1. The number of alkyl halides is 1. The number of unbranched alkanes of at least 4 members (excludes halogenated alkanes) is 14. The summed E-state index contributed by atoms with van der Waals surface area (Å²) in [6, 6.07) is 0. The Hall–Kier alpha value is -0.110. The number of hydrogen-bond acceptors (Lipinski definition) is 0. The van der Waals surface area contributed by atoms with Gasteiger partial charge in [0.1, 0.15) is 0 Å². The molecule has 0 spiro atoms. The standard InChI is InChI=1S/C17H34FO/c18-16-14-12-10-8-6-4-2-1-3-5-7-9-11-13-15-17-19/h1-17H2. The Kier molecular flexibility index (Phi) is 17.8. The Bertz CT molecular complexity index is 134. The molecule has 0 N–H and O–H groups in total. The fraction of sp³-hybridized carbons (Fsp3) is 1.00. The summed E-state index contributed by atoms with van der Waals surface area (Å²) >= 11 is 0. The third kappa shape index (κ3) is 17.9. The molecule has 2 heteroatoms. The number of hydrogen-bond donors (Lipinski definition) is 0. The van der Waals surface area contributed by atoms with Crippen molar-refractivity contribution < 1.29 is 9.50 Å². The Labute approximate surface area is 120 Å². The molecule has 0 atom stereocenters. The van der Waals surface area contributed by atoms with Gasteiger partial charge in [0.05, 0.1) is 13.3 Å². The largest absolute Gasteiger partial charge is 0.251 e. The highest BCUT2D eigenvalue weighted by Gasteiger charge is 1.94. The van der Waals surface area contributed by atoms with Crippen LogP contribution in [0.15, 0.2) is 0 Å². The smallest absolute Gasteiger partial charge is 0.0894 e. The summed E-state index contributed by atoms with van der Waals surface area (Å²) in [5, 5.41) is 10.2. The van der Waals surface area contributed by atoms with Gasteiger partial charge in [-0.1, -0.05) is 83.5 Å². The molecular formula is C17H34FO. The van der Waals surface area contributed by atoms with Crippen LogP contribution in [0.2, 0.25) is 0 Å². The van der Waals surface area contributed by atoms with Crippen LogP contribution in [0.4, 0.5) is 4.39 Å². The van der Waals surface area contributed by atoms with Gasteiger partial charge in [-0.3, -0.25) is 4.39 Å². The maximum atomic E-state index is 11.8. The zero-order valence-corrected chi connectivity index (χ0v) is 12.8. The van der Waals surface area contributed by atoms with Gasteiger partial charge in [0, 0.05) is 0 Å². The highest BCUT2D eigenvalue weighted by molar-refractivity contribution is 4.49. The van der Waals surface area contributed by atoms with Gasteiger partial charge in [-0.25, -0.2) is 5.11 Å². The first kappa shape index (κ1) is 18.9. The quantitative estimate of drug-likeness (QED) is 0.297. The van der Waals surface area contributed by atoms with Crippen molar-refractivity contribution in [2.75, 3.05) is 13.3 Å². The lowest BCUT2D eigenvalue weighted by atomic mass is 10.0. The zero-order valence-electron chi connectivity index (χ0n) is 12.8. The Morgan fingerprint density at radius 1 is 0.421 bits per heavy atom. The van der Waals surface area contributed by atoms with E-state index >= 15 is 0 Å². The average Bonchev–Trinajstić information content (AvgIpc) is 2.43. The van der Waals surface area contributed by atoms with E-state index in [1.807, 2.05) is 0 Å². The molecule has 0 unspecified atom stereocenters. The summed E-state index contributed by atoms with van der Waals surface area (Å²) in [6.45, 7) is -0.0370. The second-order valence-corrected chi connectivity index (χ2v) is 5.70. The van der Waals surface area contributed by atoms with Gasteiger partial charge >= 0.3 is 0 Å². The van der Waals surface area contributed by atoms with Crippen LogP contribution in [0.3, 0.4) is 0 Å². The molecule has 0 bridgehead atoms. The summed E-state index contributed by atoms with van der Waals surface area (Å²) in [5.74, 6) is 0. The predicted molar refractivity (Wildman–Crippen MR) is 80.8 cm³/mol. The second kappa shape index (κ2) is 17.9. The van der Waals surface area contributed by atoms with Crippen LogP contribution in [0.25, 0.3) is 0 Å². The molecule has 0 aromatic rings. The maximum Gasteiger partial charge on any atom is 0.0894 e. The summed E-state index contributed by atoms with van der Waals surface area (Å²) in [7, 11) is 0. The molecule has 0 amide bonds. The summed E-state index contributed by atoms with van der Waals surface area (Å²) in [6.07, 6.45) is 18.4. The van der Waals surface area contributed by atoms with Crippen molar-refractivity contribution in [2.45, 2.75) is 96.3 Å². The molecule has 1 nitrogen and oxygen atoms in total.